The van der Waals surface area contributed by atoms with Crippen LogP contribution in [0.1, 0.15) is 20.8 Å². The lowest BCUT2D eigenvalue weighted by Gasteiger charge is -2.24. The van der Waals surface area contributed by atoms with Crippen molar-refractivity contribution in [3.8, 4) is 6.07 Å². The predicted octanol–water partition coefficient (Wildman–Crippen LogP) is 1.53. The van der Waals surface area contributed by atoms with Crippen molar-refractivity contribution in [3.63, 3.8) is 0 Å². The minimum absolute atomic E-state index is 0.265. The molecular weight excluding hydrogens is 247 g/mol. The molecule has 0 aromatic heterocycles. The van der Waals surface area contributed by atoms with Gasteiger partial charge in [0.2, 0.25) is 5.91 Å². The summed E-state index contributed by atoms with van der Waals surface area (Å²) < 4.78 is 36.9. The number of rotatable bonds is 6. The highest BCUT2D eigenvalue weighted by atomic mass is 19.4. The highest BCUT2D eigenvalue weighted by Gasteiger charge is 2.40. The summed E-state index contributed by atoms with van der Waals surface area (Å²) in [5, 5.41) is 10.9. The summed E-state index contributed by atoms with van der Waals surface area (Å²) in [7, 11) is 0. The molecule has 0 heterocycles. The Morgan fingerprint density at radius 1 is 1.39 bits per heavy atom. The van der Waals surface area contributed by atoms with Crippen LogP contribution < -0.4 is 5.32 Å². The summed E-state index contributed by atoms with van der Waals surface area (Å²) in [4.78, 5) is 13.3. The van der Waals surface area contributed by atoms with Crippen LogP contribution >= 0.6 is 0 Å². The molecule has 7 heteroatoms. The largest absolute Gasteiger partial charge is 0.405 e. The van der Waals surface area contributed by atoms with Crippen LogP contribution in [-0.2, 0) is 4.79 Å². The van der Waals surface area contributed by atoms with Crippen LogP contribution in [0.5, 0.6) is 0 Å². The Bertz CT molecular complexity index is 308. The quantitative estimate of drug-likeness (QED) is 0.792. The maximum Gasteiger partial charge on any atom is 0.405 e. The van der Waals surface area contributed by atoms with E-state index in [0.29, 0.717) is 13.1 Å². The molecule has 104 valence electrons. The van der Waals surface area contributed by atoms with E-state index in [9.17, 15) is 18.0 Å². The van der Waals surface area contributed by atoms with Gasteiger partial charge in [0, 0.05) is 19.6 Å². The Morgan fingerprint density at radius 3 is 2.22 bits per heavy atom. The lowest BCUT2D eigenvalue weighted by Crippen LogP contribution is -2.47. The van der Waals surface area contributed by atoms with Crippen molar-refractivity contribution in [2.24, 2.45) is 5.92 Å². The van der Waals surface area contributed by atoms with Gasteiger partial charge in [-0.25, -0.2) is 0 Å². The molecule has 0 aliphatic rings. The molecule has 0 aromatic rings. The highest BCUT2D eigenvalue weighted by Crippen LogP contribution is 2.24. The van der Waals surface area contributed by atoms with Gasteiger partial charge in [0.1, 0.15) is 0 Å². The zero-order chi connectivity index (χ0) is 14.3. The number of alkyl halides is 3. The minimum Gasteiger partial charge on any atom is -0.342 e. The SMILES string of the molecule is CCN(CC)C(=O)C(C)NCC(C#N)C(F)(F)F. The third kappa shape index (κ3) is 4.92. The van der Waals surface area contributed by atoms with E-state index in [4.69, 9.17) is 5.26 Å². The van der Waals surface area contributed by atoms with Crippen LogP contribution in [0.2, 0.25) is 0 Å². The lowest BCUT2D eigenvalue weighted by molar-refractivity contribution is -0.158. The number of carbonyl (C=O) groups is 1. The van der Waals surface area contributed by atoms with Crippen LogP contribution in [0.25, 0.3) is 0 Å². The third-order valence-electron chi connectivity index (χ3n) is 2.62. The Balaban J connectivity index is 4.38. The normalized spacial score (nSPS) is 14.7. The van der Waals surface area contributed by atoms with Crippen LogP contribution in [0.3, 0.4) is 0 Å². The van der Waals surface area contributed by atoms with Crippen molar-refractivity contribution in [2.75, 3.05) is 19.6 Å². The van der Waals surface area contributed by atoms with Crippen molar-refractivity contribution in [1.82, 2.24) is 10.2 Å². The molecule has 18 heavy (non-hydrogen) atoms. The fraction of sp³-hybridized carbons (Fsp3) is 0.818. The van der Waals surface area contributed by atoms with Gasteiger partial charge in [-0.3, -0.25) is 4.79 Å². The number of carbonyl (C=O) groups excluding carboxylic acids is 1. The van der Waals surface area contributed by atoms with Crippen molar-refractivity contribution in [1.29, 1.82) is 5.26 Å². The van der Waals surface area contributed by atoms with Gasteiger partial charge in [-0.2, -0.15) is 18.4 Å². The molecule has 0 saturated heterocycles. The van der Waals surface area contributed by atoms with Gasteiger partial charge in [-0.05, 0) is 20.8 Å². The minimum atomic E-state index is -4.57. The zero-order valence-electron chi connectivity index (χ0n) is 10.7. The zero-order valence-corrected chi connectivity index (χ0v) is 10.7. The topological polar surface area (TPSA) is 56.1 Å². The molecule has 4 nitrogen and oxygen atoms in total. The number of nitriles is 1. The maximum atomic E-state index is 12.3. The van der Waals surface area contributed by atoms with Gasteiger partial charge in [0.05, 0.1) is 12.1 Å². The predicted molar refractivity (Wildman–Crippen MR) is 60.6 cm³/mol. The van der Waals surface area contributed by atoms with Gasteiger partial charge in [0.25, 0.3) is 0 Å². The molecule has 0 rings (SSSR count). The number of nitrogens with zero attached hydrogens (tertiary/aromatic N) is 2. The number of likely N-dealkylation sites (N-methyl/N-ethyl adjacent to an activating group) is 1. The van der Waals surface area contributed by atoms with E-state index in [2.05, 4.69) is 5.32 Å². The third-order valence-corrected chi connectivity index (χ3v) is 2.62. The molecule has 0 saturated carbocycles. The first kappa shape index (κ1) is 16.7. The van der Waals surface area contributed by atoms with E-state index >= 15 is 0 Å². The van der Waals surface area contributed by atoms with E-state index in [0.717, 1.165) is 0 Å². The first-order valence-corrected chi connectivity index (χ1v) is 5.76. The first-order chi connectivity index (χ1) is 8.27. The summed E-state index contributed by atoms with van der Waals surface area (Å²) in [6.07, 6.45) is -4.57. The number of hydrogen-bond acceptors (Lipinski definition) is 3. The molecule has 0 spiro atoms. The molecule has 0 aliphatic carbocycles. The second-order valence-corrected chi connectivity index (χ2v) is 3.86. The van der Waals surface area contributed by atoms with E-state index < -0.39 is 24.7 Å². The molecule has 0 radical (unpaired) electrons. The Kier molecular flexibility index (Phi) is 6.70. The summed E-state index contributed by atoms with van der Waals surface area (Å²) in [6.45, 7) is 5.51. The number of hydrogen-bond donors (Lipinski definition) is 1. The van der Waals surface area contributed by atoms with Crippen molar-refractivity contribution < 1.29 is 18.0 Å². The van der Waals surface area contributed by atoms with Crippen molar-refractivity contribution in [2.45, 2.75) is 33.0 Å². The Hall–Kier alpha value is -1.29. The monoisotopic (exact) mass is 265 g/mol. The van der Waals surface area contributed by atoms with Crippen molar-refractivity contribution in [3.05, 3.63) is 0 Å². The van der Waals surface area contributed by atoms with Crippen LogP contribution in [0, 0.1) is 17.2 Å². The Morgan fingerprint density at radius 2 is 1.89 bits per heavy atom. The van der Waals surface area contributed by atoms with Gasteiger partial charge < -0.3 is 10.2 Å². The van der Waals surface area contributed by atoms with E-state index in [1.165, 1.54) is 17.9 Å². The summed E-state index contributed by atoms with van der Waals surface area (Å²) in [6, 6.07) is 0.448. The first-order valence-electron chi connectivity index (χ1n) is 5.76. The molecule has 0 bridgehead atoms. The maximum absolute atomic E-state index is 12.3. The van der Waals surface area contributed by atoms with Gasteiger partial charge >= 0.3 is 6.18 Å². The molecule has 0 fully saturated rings. The lowest BCUT2D eigenvalue weighted by atomic mass is 10.1. The summed E-state index contributed by atoms with van der Waals surface area (Å²) in [5.41, 5.74) is 0. The molecule has 2 atom stereocenters. The van der Waals surface area contributed by atoms with Crippen LogP contribution in [-0.4, -0.2) is 42.7 Å². The second kappa shape index (κ2) is 7.21. The fourth-order valence-corrected chi connectivity index (χ4v) is 1.43. The average molecular weight is 265 g/mol. The van der Waals surface area contributed by atoms with Crippen LogP contribution in [0.4, 0.5) is 13.2 Å². The number of nitrogens with one attached hydrogen (secondary N) is 1. The molecule has 1 amide bonds. The smallest absolute Gasteiger partial charge is 0.342 e. The van der Waals surface area contributed by atoms with Gasteiger partial charge in [-0.15, -0.1) is 0 Å². The van der Waals surface area contributed by atoms with E-state index in [1.54, 1.807) is 13.8 Å². The van der Waals surface area contributed by atoms with Crippen molar-refractivity contribution >= 4 is 5.91 Å². The van der Waals surface area contributed by atoms with E-state index in [1.807, 2.05) is 0 Å². The standard InChI is InChI=1S/C11H18F3N3O/c1-4-17(5-2)10(18)8(3)16-7-9(6-15)11(12,13)14/h8-9,16H,4-5,7H2,1-3H3. The number of amides is 1. The van der Waals surface area contributed by atoms with Gasteiger partial charge in [0.15, 0.2) is 5.92 Å². The van der Waals surface area contributed by atoms with Gasteiger partial charge in [-0.1, -0.05) is 0 Å². The molecule has 2 unspecified atom stereocenters. The van der Waals surface area contributed by atoms with Crippen LogP contribution in [0.15, 0.2) is 0 Å². The summed E-state index contributed by atoms with van der Waals surface area (Å²) in [5.74, 6) is -2.36. The molecule has 0 aromatic carbocycles. The average Bonchev–Trinajstić information content (AvgIpc) is 2.29. The Labute approximate surface area is 105 Å². The number of halogens is 3. The molecular formula is C11H18F3N3O. The molecule has 0 aliphatic heterocycles. The highest BCUT2D eigenvalue weighted by molar-refractivity contribution is 5.81. The second-order valence-electron chi connectivity index (χ2n) is 3.86. The summed E-state index contributed by atoms with van der Waals surface area (Å²) >= 11 is 0. The molecule has 1 N–H and O–H groups in total. The van der Waals surface area contributed by atoms with E-state index in [-0.39, 0.29) is 5.91 Å². The fourth-order valence-electron chi connectivity index (χ4n) is 1.43.